The van der Waals surface area contributed by atoms with Gasteiger partial charge >= 0.3 is 0 Å². The third-order valence-corrected chi connectivity index (χ3v) is 8.61. The number of carbonyl (C=O) groups is 1. The molecule has 1 aliphatic rings. The highest BCUT2D eigenvalue weighted by Crippen LogP contribution is 2.32. The van der Waals surface area contributed by atoms with Crippen molar-refractivity contribution < 1.29 is 13.2 Å². The number of nitrogens with one attached hydrogen (secondary N) is 1. The topological polar surface area (TPSA) is 92.3 Å². The van der Waals surface area contributed by atoms with Crippen LogP contribution in [0.1, 0.15) is 51.6 Å². The van der Waals surface area contributed by atoms with Crippen LogP contribution >= 0.6 is 11.3 Å². The standard InChI is InChI=1S/C23H26N4O3S2/c1-3-17-8-12-20(13-9-17)32(29,30)27-14-4-5-18(15-27)22-25-26-23(31-22)21(28)24-19-10-6-16(2)7-11-19/h6-13,18H,3-5,14-15H2,1-2H3,(H,24,28)/t18-/m0/s1. The first-order valence-corrected chi connectivity index (χ1v) is 12.9. The fourth-order valence-electron chi connectivity index (χ4n) is 3.72. The summed E-state index contributed by atoms with van der Waals surface area (Å²) >= 11 is 1.23. The summed E-state index contributed by atoms with van der Waals surface area (Å²) in [7, 11) is -3.57. The van der Waals surface area contributed by atoms with Gasteiger partial charge in [-0.25, -0.2) is 8.42 Å². The van der Waals surface area contributed by atoms with Gasteiger partial charge < -0.3 is 5.32 Å². The van der Waals surface area contributed by atoms with Crippen LogP contribution in [0.4, 0.5) is 5.69 Å². The normalized spacial score (nSPS) is 17.2. The van der Waals surface area contributed by atoms with E-state index in [0.717, 1.165) is 30.4 Å². The van der Waals surface area contributed by atoms with Gasteiger partial charge in [-0.1, -0.05) is 48.1 Å². The summed E-state index contributed by atoms with van der Waals surface area (Å²) in [6.45, 7) is 4.84. The van der Waals surface area contributed by atoms with Crippen LogP contribution in [0.5, 0.6) is 0 Å². The van der Waals surface area contributed by atoms with Crippen LogP contribution in [0, 0.1) is 6.92 Å². The Labute approximate surface area is 192 Å². The molecule has 1 aliphatic heterocycles. The molecule has 1 amide bonds. The zero-order chi connectivity index (χ0) is 22.7. The van der Waals surface area contributed by atoms with Gasteiger partial charge in [0.15, 0.2) is 0 Å². The van der Waals surface area contributed by atoms with E-state index in [0.29, 0.717) is 28.7 Å². The van der Waals surface area contributed by atoms with Gasteiger partial charge in [0.05, 0.1) is 4.90 Å². The molecule has 2 heterocycles. The van der Waals surface area contributed by atoms with Crippen molar-refractivity contribution in [3.63, 3.8) is 0 Å². The van der Waals surface area contributed by atoms with Gasteiger partial charge in [0.2, 0.25) is 15.0 Å². The Balaban J connectivity index is 1.46. The smallest absolute Gasteiger partial charge is 0.286 e. The minimum Gasteiger partial charge on any atom is -0.320 e. The van der Waals surface area contributed by atoms with Crippen LogP contribution in [0.2, 0.25) is 0 Å². The van der Waals surface area contributed by atoms with Gasteiger partial charge in [0, 0.05) is 24.7 Å². The Morgan fingerprint density at radius 2 is 1.84 bits per heavy atom. The van der Waals surface area contributed by atoms with Crippen molar-refractivity contribution in [2.75, 3.05) is 18.4 Å². The molecule has 1 atom stereocenters. The van der Waals surface area contributed by atoms with Gasteiger partial charge in [0.1, 0.15) is 5.01 Å². The summed E-state index contributed by atoms with van der Waals surface area (Å²) in [6, 6.07) is 14.6. The van der Waals surface area contributed by atoms with Gasteiger partial charge in [0.25, 0.3) is 5.91 Å². The summed E-state index contributed by atoms with van der Waals surface area (Å²) in [5, 5.41) is 12.1. The van der Waals surface area contributed by atoms with Gasteiger partial charge in [-0.3, -0.25) is 4.79 Å². The minimum absolute atomic E-state index is 0.0770. The average molecular weight is 471 g/mol. The highest BCUT2D eigenvalue weighted by atomic mass is 32.2. The second-order valence-corrected chi connectivity index (χ2v) is 10.9. The first-order chi connectivity index (χ1) is 15.4. The van der Waals surface area contributed by atoms with Crippen molar-refractivity contribution in [2.24, 2.45) is 0 Å². The Bertz CT molecular complexity index is 1190. The first-order valence-electron chi connectivity index (χ1n) is 10.7. The fourth-order valence-corrected chi connectivity index (χ4v) is 6.11. The maximum Gasteiger partial charge on any atom is 0.286 e. The van der Waals surface area contributed by atoms with Gasteiger partial charge in [-0.15, -0.1) is 10.2 Å². The Kier molecular flexibility index (Phi) is 6.68. The molecule has 1 fully saturated rings. The number of anilines is 1. The second-order valence-electron chi connectivity index (χ2n) is 7.97. The van der Waals surface area contributed by atoms with Crippen molar-refractivity contribution in [3.8, 4) is 0 Å². The number of hydrogen-bond acceptors (Lipinski definition) is 6. The molecule has 0 radical (unpaired) electrons. The highest BCUT2D eigenvalue weighted by Gasteiger charge is 2.32. The van der Waals surface area contributed by atoms with Crippen molar-refractivity contribution in [1.82, 2.24) is 14.5 Å². The molecular weight excluding hydrogens is 444 g/mol. The highest BCUT2D eigenvalue weighted by molar-refractivity contribution is 7.89. The van der Waals surface area contributed by atoms with E-state index >= 15 is 0 Å². The summed E-state index contributed by atoms with van der Waals surface area (Å²) < 4.78 is 27.8. The van der Waals surface area contributed by atoms with E-state index in [1.54, 1.807) is 12.1 Å². The van der Waals surface area contributed by atoms with Crippen molar-refractivity contribution >= 4 is 33.0 Å². The maximum atomic E-state index is 13.1. The summed E-state index contributed by atoms with van der Waals surface area (Å²) in [4.78, 5) is 12.9. The number of sulfonamides is 1. The lowest BCUT2D eigenvalue weighted by Gasteiger charge is -2.30. The molecule has 2 aromatic carbocycles. The molecule has 0 unspecified atom stereocenters. The number of amides is 1. The molecule has 0 saturated carbocycles. The SMILES string of the molecule is CCc1ccc(S(=O)(=O)N2CCC[C@H](c3nnc(C(=O)Nc4ccc(C)cc4)s3)C2)cc1. The molecule has 1 aromatic heterocycles. The molecule has 0 bridgehead atoms. The number of aryl methyl sites for hydroxylation is 2. The lowest BCUT2D eigenvalue weighted by atomic mass is 10.0. The van der Waals surface area contributed by atoms with Crippen LogP contribution in [0.25, 0.3) is 0 Å². The van der Waals surface area contributed by atoms with E-state index in [1.165, 1.54) is 15.6 Å². The predicted octanol–water partition coefficient (Wildman–Crippen LogP) is 4.23. The summed E-state index contributed by atoms with van der Waals surface area (Å²) in [5.74, 6) is -0.388. The van der Waals surface area contributed by atoms with Crippen molar-refractivity contribution in [3.05, 3.63) is 69.7 Å². The van der Waals surface area contributed by atoms with E-state index in [9.17, 15) is 13.2 Å². The molecule has 1 N–H and O–H groups in total. The third kappa shape index (κ3) is 4.90. The summed E-state index contributed by atoms with van der Waals surface area (Å²) in [5.41, 5.74) is 2.91. The number of nitrogens with zero attached hydrogens (tertiary/aromatic N) is 3. The lowest BCUT2D eigenvalue weighted by molar-refractivity contribution is 0.102. The third-order valence-electron chi connectivity index (χ3n) is 5.65. The van der Waals surface area contributed by atoms with E-state index in [2.05, 4.69) is 15.5 Å². The largest absolute Gasteiger partial charge is 0.320 e. The maximum absolute atomic E-state index is 13.1. The summed E-state index contributed by atoms with van der Waals surface area (Å²) in [6.07, 6.45) is 2.42. The molecule has 3 aromatic rings. The molecule has 1 saturated heterocycles. The Morgan fingerprint density at radius 1 is 1.12 bits per heavy atom. The van der Waals surface area contributed by atoms with Crippen LogP contribution in [0.15, 0.2) is 53.4 Å². The quantitative estimate of drug-likeness (QED) is 0.582. The Hall–Kier alpha value is -2.62. The van der Waals surface area contributed by atoms with E-state index in [1.807, 2.05) is 50.2 Å². The van der Waals surface area contributed by atoms with Crippen molar-refractivity contribution in [1.29, 1.82) is 0 Å². The monoisotopic (exact) mass is 470 g/mol. The first kappa shape index (κ1) is 22.6. The van der Waals surface area contributed by atoms with Crippen LogP contribution in [-0.2, 0) is 16.4 Å². The predicted molar refractivity (Wildman–Crippen MR) is 126 cm³/mol. The minimum atomic E-state index is -3.57. The zero-order valence-corrected chi connectivity index (χ0v) is 19.7. The molecule has 9 heteroatoms. The van der Waals surface area contributed by atoms with Crippen LogP contribution in [0.3, 0.4) is 0 Å². The molecule has 32 heavy (non-hydrogen) atoms. The number of aromatic nitrogens is 2. The number of hydrogen-bond donors (Lipinski definition) is 1. The number of carbonyl (C=O) groups excluding carboxylic acids is 1. The number of benzene rings is 2. The van der Waals surface area contributed by atoms with Gasteiger partial charge in [-0.05, 0) is 56.0 Å². The lowest BCUT2D eigenvalue weighted by Crippen LogP contribution is -2.39. The van der Waals surface area contributed by atoms with E-state index in [-0.39, 0.29) is 16.8 Å². The molecule has 0 spiro atoms. The van der Waals surface area contributed by atoms with Gasteiger partial charge in [-0.2, -0.15) is 4.31 Å². The Morgan fingerprint density at radius 3 is 2.53 bits per heavy atom. The zero-order valence-electron chi connectivity index (χ0n) is 18.1. The number of piperidine rings is 1. The molecule has 4 rings (SSSR count). The average Bonchev–Trinajstić information content (AvgIpc) is 3.31. The van der Waals surface area contributed by atoms with E-state index in [4.69, 9.17) is 0 Å². The molecular formula is C23H26N4O3S2. The van der Waals surface area contributed by atoms with Crippen LogP contribution in [-0.4, -0.2) is 41.9 Å². The molecule has 0 aliphatic carbocycles. The fraction of sp³-hybridized carbons (Fsp3) is 0.348. The molecule has 7 nitrogen and oxygen atoms in total. The number of rotatable bonds is 6. The van der Waals surface area contributed by atoms with E-state index < -0.39 is 10.0 Å². The second kappa shape index (κ2) is 9.48. The van der Waals surface area contributed by atoms with Crippen LogP contribution < -0.4 is 5.32 Å². The molecule has 168 valence electrons. The van der Waals surface area contributed by atoms with Crippen molar-refractivity contribution in [2.45, 2.75) is 43.9 Å².